The smallest absolute Gasteiger partial charge is 0.329 e. The van der Waals surface area contributed by atoms with Crippen LogP contribution in [0.1, 0.15) is 16.9 Å². The van der Waals surface area contributed by atoms with Gasteiger partial charge in [-0.1, -0.05) is 6.07 Å². The number of ether oxygens (including phenoxy) is 2. The Hall–Kier alpha value is -2.78. The van der Waals surface area contributed by atoms with E-state index in [0.29, 0.717) is 13.0 Å². The van der Waals surface area contributed by atoms with Crippen LogP contribution in [-0.2, 0) is 14.3 Å². The van der Waals surface area contributed by atoms with Crippen LogP contribution >= 0.6 is 0 Å². The largest absolute Gasteiger partial charge is 0.480 e. The second-order valence-corrected chi connectivity index (χ2v) is 5.90. The Balaban J connectivity index is 1.80. The number of hydrogen-bond donors (Lipinski definition) is 3. The van der Waals surface area contributed by atoms with Gasteiger partial charge < -0.3 is 24.9 Å². The number of aliphatic carboxylic acids is 1. The molecular formula is C17H17FN2O6. The van der Waals surface area contributed by atoms with Gasteiger partial charge in [-0.2, -0.15) is 0 Å². The predicted molar refractivity (Wildman–Crippen MR) is 88.6 cm³/mol. The van der Waals surface area contributed by atoms with E-state index in [1.165, 1.54) is 18.2 Å². The number of carboxylic acids is 1. The van der Waals surface area contributed by atoms with Crippen molar-refractivity contribution in [1.82, 2.24) is 10.3 Å². The Kier molecular flexibility index (Phi) is 5.29. The van der Waals surface area contributed by atoms with Crippen LogP contribution in [-0.4, -0.2) is 53.9 Å². The third kappa shape index (κ3) is 3.89. The molecule has 8 nitrogen and oxygen atoms in total. The lowest BCUT2D eigenvalue weighted by atomic mass is 10.1. The minimum atomic E-state index is -1.13. The summed E-state index contributed by atoms with van der Waals surface area (Å²) in [5.41, 5.74) is -0.610. The summed E-state index contributed by atoms with van der Waals surface area (Å²) in [6.07, 6.45) is -0.213. The average Bonchev–Trinajstić information content (AvgIpc) is 2.61. The number of aromatic amines is 1. The highest BCUT2D eigenvalue weighted by Crippen LogP contribution is 2.14. The van der Waals surface area contributed by atoms with E-state index in [1.807, 2.05) is 0 Å². The molecule has 1 aliphatic heterocycles. The van der Waals surface area contributed by atoms with Crippen molar-refractivity contribution in [3.8, 4) is 0 Å². The molecule has 1 aromatic carbocycles. The molecule has 0 bridgehead atoms. The standard InChI is InChI=1S/C17H17FN2O6/c18-10-3-1-2-9-13(21)6-12(19-16(9)10)17(24)20-11-4-5-25-7-14(11)26-8-15(22)23/h1-3,6,11,14H,4-5,7-8H2,(H,19,21)(H,20,24)(H,22,23)/t11-,14-/m1/s1. The number of carbonyl (C=O) groups excluding carboxylic acids is 1. The molecule has 0 saturated carbocycles. The van der Waals surface area contributed by atoms with Gasteiger partial charge in [0.15, 0.2) is 5.43 Å². The van der Waals surface area contributed by atoms with Gasteiger partial charge in [0.2, 0.25) is 0 Å². The van der Waals surface area contributed by atoms with Gasteiger partial charge in [0.05, 0.1) is 18.2 Å². The van der Waals surface area contributed by atoms with E-state index in [1.54, 1.807) is 0 Å². The summed E-state index contributed by atoms with van der Waals surface area (Å²) in [5.74, 6) is -2.37. The molecule has 26 heavy (non-hydrogen) atoms. The maximum Gasteiger partial charge on any atom is 0.329 e. The number of H-pyrrole nitrogens is 1. The monoisotopic (exact) mass is 364 g/mol. The van der Waals surface area contributed by atoms with E-state index < -0.39 is 41.9 Å². The maximum absolute atomic E-state index is 13.9. The summed E-state index contributed by atoms with van der Waals surface area (Å²) in [6, 6.07) is 4.68. The molecule has 3 N–H and O–H groups in total. The Morgan fingerprint density at radius 1 is 1.42 bits per heavy atom. The molecular weight excluding hydrogens is 347 g/mol. The zero-order valence-electron chi connectivity index (χ0n) is 13.7. The number of fused-ring (bicyclic) bond motifs is 1. The molecule has 1 fully saturated rings. The minimum Gasteiger partial charge on any atom is -0.480 e. The van der Waals surface area contributed by atoms with E-state index in [-0.39, 0.29) is 23.2 Å². The highest BCUT2D eigenvalue weighted by atomic mass is 19.1. The van der Waals surface area contributed by atoms with Gasteiger partial charge in [0.1, 0.15) is 24.2 Å². The van der Waals surface area contributed by atoms with Crippen LogP contribution in [0.15, 0.2) is 29.1 Å². The number of para-hydroxylation sites is 1. The van der Waals surface area contributed by atoms with Crippen molar-refractivity contribution < 1.29 is 28.6 Å². The zero-order valence-corrected chi connectivity index (χ0v) is 13.7. The highest BCUT2D eigenvalue weighted by Gasteiger charge is 2.29. The number of pyridine rings is 1. The second kappa shape index (κ2) is 7.63. The predicted octanol–water partition coefficient (Wildman–Crippen LogP) is 0.656. The number of benzene rings is 1. The first-order valence-electron chi connectivity index (χ1n) is 7.99. The Morgan fingerprint density at radius 3 is 3.00 bits per heavy atom. The number of rotatable bonds is 5. The summed E-state index contributed by atoms with van der Waals surface area (Å²) in [6.45, 7) is 0.000255. The van der Waals surface area contributed by atoms with E-state index in [0.717, 1.165) is 6.07 Å². The fourth-order valence-corrected chi connectivity index (χ4v) is 2.82. The van der Waals surface area contributed by atoms with E-state index in [9.17, 15) is 18.8 Å². The number of hydrogen-bond acceptors (Lipinski definition) is 5. The first kappa shape index (κ1) is 18.0. The molecule has 0 spiro atoms. The van der Waals surface area contributed by atoms with Gasteiger partial charge >= 0.3 is 5.97 Å². The molecule has 3 rings (SSSR count). The molecule has 9 heteroatoms. The van der Waals surface area contributed by atoms with Crippen molar-refractivity contribution in [3.05, 3.63) is 46.0 Å². The number of carbonyl (C=O) groups is 2. The normalized spacial score (nSPS) is 20.0. The molecule has 2 atom stereocenters. The maximum atomic E-state index is 13.9. The van der Waals surface area contributed by atoms with Crippen LogP contribution in [0, 0.1) is 5.82 Å². The number of carboxylic acid groups (broad SMARTS) is 1. The number of amides is 1. The summed E-state index contributed by atoms with van der Waals surface area (Å²) in [7, 11) is 0. The van der Waals surface area contributed by atoms with Crippen molar-refractivity contribution in [2.45, 2.75) is 18.6 Å². The van der Waals surface area contributed by atoms with Crippen LogP contribution in [0.25, 0.3) is 10.9 Å². The molecule has 1 amide bonds. The third-order valence-electron chi connectivity index (χ3n) is 4.10. The van der Waals surface area contributed by atoms with Crippen molar-refractivity contribution in [1.29, 1.82) is 0 Å². The van der Waals surface area contributed by atoms with Crippen molar-refractivity contribution in [2.24, 2.45) is 0 Å². The van der Waals surface area contributed by atoms with E-state index in [4.69, 9.17) is 14.6 Å². The average molecular weight is 364 g/mol. The lowest BCUT2D eigenvalue weighted by molar-refractivity contribution is -0.148. The second-order valence-electron chi connectivity index (χ2n) is 5.90. The Morgan fingerprint density at radius 2 is 2.23 bits per heavy atom. The SMILES string of the molecule is O=C(O)CO[C@@H]1COCC[C@H]1NC(=O)c1cc(=O)c2cccc(F)c2[nH]1. The van der Waals surface area contributed by atoms with Gasteiger partial charge in [-0.15, -0.1) is 0 Å². The molecule has 1 saturated heterocycles. The van der Waals surface area contributed by atoms with Crippen molar-refractivity contribution >= 4 is 22.8 Å². The summed E-state index contributed by atoms with van der Waals surface area (Å²) in [4.78, 5) is 37.9. The van der Waals surface area contributed by atoms with E-state index >= 15 is 0 Å². The van der Waals surface area contributed by atoms with Crippen LogP contribution in [0.2, 0.25) is 0 Å². The minimum absolute atomic E-state index is 0.0456. The first-order valence-corrected chi connectivity index (χ1v) is 7.99. The zero-order chi connectivity index (χ0) is 18.7. The topological polar surface area (TPSA) is 118 Å². The fourth-order valence-electron chi connectivity index (χ4n) is 2.82. The number of halogens is 1. The molecule has 2 heterocycles. The third-order valence-corrected chi connectivity index (χ3v) is 4.10. The van der Waals surface area contributed by atoms with Crippen molar-refractivity contribution in [2.75, 3.05) is 19.8 Å². The quantitative estimate of drug-likeness (QED) is 0.717. The van der Waals surface area contributed by atoms with Gasteiger partial charge in [-0.25, -0.2) is 9.18 Å². The molecule has 0 aliphatic carbocycles. The van der Waals surface area contributed by atoms with Crippen LogP contribution in [0.4, 0.5) is 4.39 Å². The van der Waals surface area contributed by atoms with Gasteiger partial charge in [0, 0.05) is 18.1 Å². The van der Waals surface area contributed by atoms with Crippen molar-refractivity contribution in [3.63, 3.8) is 0 Å². The summed E-state index contributed by atoms with van der Waals surface area (Å²) >= 11 is 0. The summed E-state index contributed by atoms with van der Waals surface area (Å²) in [5, 5.41) is 11.6. The molecule has 138 valence electrons. The fraction of sp³-hybridized carbons (Fsp3) is 0.353. The molecule has 1 aliphatic rings. The van der Waals surface area contributed by atoms with Gasteiger partial charge in [-0.05, 0) is 18.6 Å². The Bertz CT molecular complexity index is 896. The molecule has 0 unspecified atom stereocenters. The van der Waals surface area contributed by atoms with E-state index in [2.05, 4.69) is 10.3 Å². The Labute approximate surface area is 146 Å². The van der Waals surface area contributed by atoms with Crippen LogP contribution in [0.3, 0.4) is 0 Å². The lowest BCUT2D eigenvalue weighted by Gasteiger charge is -2.31. The summed E-state index contributed by atoms with van der Waals surface area (Å²) < 4.78 is 24.4. The number of nitrogens with one attached hydrogen (secondary N) is 2. The molecule has 2 aromatic rings. The number of aromatic nitrogens is 1. The molecule has 1 aromatic heterocycles. The molecule has 0 radical (unpaired) electrons. The van der Waals surface area contributed by atoms with Gasteiger partial charge in [0.25, 0.3) is 5.91 Å². The van der Waals surface area contributed by atoms with Crippen LogP contribution < -0.4 is 10.7 Å². The first-order chi connectivity index (χ1) is 12.5. The highest BCUT2D eigenvalue weighted by molar-refractivity contribution is 5.95. The van der Waals surface area contributed by atoms with Crippen LogP contribution in [0.5, 0.6) is 0 Å². The van der Waals surface area contributed by atoms with Gasteiger partial charge in [-0.3, -0.25) is 9.59 Å². The lowest BCUT2D eigenvalue weighted by Crippen LogP contribution is -2.50.